The Morgan fingerprint density at radius 2 is 1.95 bits per heavy atom. The third-order valence-electron chi connectivity index (χ3n) is 2.93. The lowest BCUT2D eigenvalue weighted by atomic mass is 10.2. The zero-order valence-corrected chi connectivity index (χ0v) is 11.9. The molecule has 1 aromatic carbocycles. The molecule has 0 amide bonds. The molecule has 4 nitrogen and oxygen atoms in total. The Hall–Kier alpha value is -1.81. The molecular weight excluding hydrogens is 264 g/mol. The topological polar surface area (TPSA) is 44.2 Å². The first-order valence-electron chi connectivity index (χ1n) is 5.87. The normalized spacial score (nSPS) is 10.3. The quantitative estimate of drug-likeness (QED) is 0.860. The van der Waals surface area contributed by atoms with E-state index in [9.17, 15) is 0 Å². The van der Waals surface area contributed by atoms with Crippen molar-refractivity contribution in [1.82, 2.24) is 10.2 Å². The summed E-state index contributed by atoms with van der Waals surface area (Å²) in [7, 11) is 1.64. The van der Waals surface area contributed by atoms with E-state index in [4.69, 9.17) is 21.1 Å². The Morgan fingerprint density at radius 1 is 1.16 bits per heavy atom. The second-order valence-electron chi connectivity index (χ2n) is 4.19. The summed E-state index contributed by atoms with van der Waals surface area (Å²) in [6, 6.07) is 7.70. The number of benzene rings is 1. The van der Waals surface area contributed by atoms with Crippen LogP contribution in [0.4, 0.5) is 0 Å². The molecule has 0 aliphatic carbocycles. The van der Waals surface area contributed by atoms with Crippen molar-refractivity contribution in [2.75, 3.05) is 7.11 Å². The Bertz CT molecular complexity index is 588. The van der Waals surface area contributed by atoms with Crippen LogP contribution in [0, 0.1) is 13.8 Å². The molecule has 5 heteroatoms. The molecule has 0 aliphatic rings. The highest BCUT2D eigenvalue weighted by molar-refractivity contribution is 6.30. The minimum Gasteiger partial charge on any atom is -0.497 e. The molecule has 0 N–H and O–H groups in total. The molecular formula is C14H15ClN2O2. The molecule has 0 unspecified atom stereocenters. The highest BCUT2D eigenvalue weighted by Gasteiger charge is 2.09. The average Bonchev–Trinajstić information content (AvgIpc) is 2.44. The summed E-state index contributed by atoms with van der Waals surface area (Å²) in [6.45, 7) is 4.22. The lowest BCUT2D eigenvalue weighted by Gasteiger charge is -2.10. The van der Waals surface area contributed by atoms with Crippen LogP contribution >= 0.6 is 11.6 Å². The van der Waals surface area contributed by atoms with Gasteiger partial charge in [-0.25, -0.2) is 0 Å². The molecule has 2 rings (SSSR count). The smallest absolute Gasteiger partial charge is 0.237 e. The van der Waals surface area contributed by atoms with Crippen molar-refractivity contribution in [2.45, 2.75) is 20.5 Å². The number of rotatable bonds is 4. The lowest BCUT2D eigenvalue weighted by molar-refractivity contribution is 0.287. The first-order chi connectivity index (χ1) is 9.11. The molecule has 0 bridgehead atoms. The lowest BCUT2D eigenvalue weighted by Crippen LogP contribution is -2.02. The Labute approximate surface area is 117 Å². The predicted molar refractivity (Wildman–Crippen MR) is 73.8 cm³/mol. The van der Waals surface area contributed by atoms with Gasteiger partial charge in [0, 0.05) is 5.56 Å². The summed E-state index contributed by atoms with van der Waals surface area (Å²) < 4.78 is 10.8. The summed E-state index contributed by atoms with van der Waals surface area (Å²) in [5.41, 5.74) is 2.80. The number of ether oxygens (including phenoxy) is 2. The van der Waals surface area contributed by atoms with Crippen molar-refractivity contribution in [3.63, 3.8) is 0 Å². The average molecular weight is 279 g/mol. The summed E-state index contributed by atoms with van der Waals surface area (Å²) >= 11 is 5.90. The molecule has 0 fully saturated rings. The Kier molecular flexibility index (Phi) is 4.22. The predicted octanol–water partition coefficient (Wildman–Crippen LogP) is 3.33. The van der Waals surface area contributed by atoms with Gasteiger partial charge in [-0.2, -0.15) is 0 Å². The van der Waals surface area contributed by atoms with E-state index in [0.29, 0.717) is 17.6 Å². The monoisotopic (exact) mass is 278 g/mol. The van der Waals surface area contributed by atoms with Crippen LogP contribution in [0.15, 0.2) is 24.3 Å². The van der Waals surface area contributed by atoms with Crippen molar-refractivity contribution >= 4 is 11.6 Å². The standard InChI is InChI=1S/C14H15ClN2O2/c1-9-10(2)14(17-16-13(9)15)19-8-11-5-4-6-12(7-11)18-3/h4-7H,8H2,1-3H3. The van der Waals surface area contributed by atoms with Gasteiger partial charge >= 0.3 is 0 Å². The summed E-state index contributed by atoms with van der Waals surface area (Å²) in [5, 5.41) is 8.22. The number of nitrogens with zero attached hydrogens (tertiary/aromatic N) is 2. The van der Waals surface area contributed by atoms with Crippen LogP contribution in [0.25, 0.3) is 0 Å². The molecule has 0 radical (unpaired) electrons. The van der Waals surface area contributed by atoms with E-state index in [0.717, 1.165) is 22.4 Å². The van der Waals surface area contributed by atoms with Crippen LogP contribution in [-0.4, -0.2) is 17.3 Å². The molecule has 0 spiro atoms. The zero-order valence-electron chi connectivity index (χ0n) is 11.1. The molecule has 0 saturated heterocycles. The van der Waals surface area contributed by atoms with E-state index in [1.807, 2.05) is 38.1 Å². The van der Waals surface area contributed by atoms with Crippen LogP contribution in [0.1, 0.15) is 16.7 Å². The fourth-order valence-corrected chi connectivity index (χ4v) is 1.79. The molecule has 1 aromatic heterocycles. The fraction of sp³-hybridized carbons (Fsp3) is 0.286. The number of methoxy groups -OCH3 is 1. The number of hydrogen-bond donors (Lipinski definition) is 0. The molecule has 0 aliphatic heterocycles. The Balaban J connectivity index is 2.12. The van der Waals surface area contributed by atoms with Crippen molar-refractivity contribution in [1.29, 1.82) is 0 Å². The van der Waals surface area contributed by atoms with Crippen LogP contribution in [0.2, 0.25) is 5.15 Å². The van der Waals surface area contributed by atoms with E-state index in [-0.39, 0.29) is 0 Å². The van der Waals surface area contributed by atoms with Crippen molar-refractivity contribution in [2.24, 2.45) is 0 Å². The molecule has 100 valence electrons. The second-order valence-corrected chi connectivity index (χ2v) is 4.54. The van der Waals surface area contributed by atoms with Crippen molar-refractivity contribution in [3.8, 4) is 11.6 Å². The largest absolute Gasteiger partial charge is 0.497 e. The van der Waals surface area contributed by atoms with Gasteiger partial charge in [-0.3, -0.25) is 0 Å². The maximum absolute atomic E-state index is 5.90. The molecule has 0 saturated carbocycles. The van der Waals surface area contributed by atoms with Gasteiger partial charge in [0.15, 0.2) is 5.15 Å². The highest BCUT2D eigenvalue weighted by Crippen LogP contribution is 2.23. The van der Waals surface area contributed by atoms with Gasteiger partial charge in [-0.15, -0.1) is 10.2 Å². The zero-order chi connectivity index (χ0) is 13.8. The van der Waals surface area contributed by atoms with Crippen molar-refractivity contribution < 1.29 is 9.47 Å². The van der Waals surface area contributed by atoms with Gasteiger partial charge < -0.3 is 9.47 Å². The second kappa shape index (κ2) is 5.89. The van der Waals surface area contributed by atoms with Gasteiger partial charge in [-0.05, 0) is 37.1 Å². The highest BCUT2D eigenvalue weighted by atomic mass is 35.5. The first kappa shape index (κ1) is 13.6. The van der Waals surface area contributed by atoms with E-state index < -0.39 is 0 Å². The number of aromatic nitrogens is 2. The van der Waals surface area contributed by atoms with Gasteiger partial charge in [0.25, 0.3) is 0 Å². The molecule has 2 aromatic rings. The third kappa shape index (κ3) is 3.15. The van der Waals surface area contributed by atoms with Gasteiger partial charge in [0.05, 0.1) is 7.11 Å². The molecule has 0 atom stereocenters. The summed E-state index contributed by atoms with van der Waals surface area (Å²) in [5.74, 6) is 1.31. The van der Waals surface area contributed by atoms with Crippen LogP contribution in [0.5, 0.6) is 11.6 Å². The van der Waals surface area contributed by atoms with Gasteiger partial charge in [0.1, 0.15) is 12.4 Å². The first-order valence-corrected chi connectivity index (χ1v) is 6.24. The van der Waals surface area contributed by atoms with Crippen LogP contribution in [0.3, 0.4) is 0 Å². The number of halogens is 1. The van der Waals surface area contributed by atoms with E-state index in [1.54, 1.807) is 7.11 Å². The van der Waals surface area contributed by atoms with E-state index >= 15 is 0 Å². The van der Waals surface area contributed by atoms with Crippen LogP contribution < -0.4 is 9.47 Å². The minimum atomic E-state index is 0.409. The minimum absolute atomic E-state index is 0.409. The SMILES string of the molecule is COc1cccc(COc2nnc(Cl)c(C)c2C)c1. The van der Waals surface area contributed by atoms with E-state index in [2.05, 4.69) is 10.2 Å². The van der Waals surface area contributed by atoms with Gasteiger partial charge in [-0.1, -0.05) is 23.7 Å². The Morgan fingerprint density at radius 3 is 2.68 bits per heavy atom. The summed E-state index contributed by atoms with van der Waals surface area (Å²) in [4.78, 5) is 0. The molecule has 1 heterocycles. The molecule has 19 heavy (non-hydrogen) atoms. The fourth-order valence-electron chi connectivity index (χ4n) is 1.61. The van der Waals surface area contributed by atoms with Crippen LogP contribution in [-0.2, 0) is 6.61 Å². The third-order valence-corrected chi connectivity index (χ3v) is 3.29. The van der Waals surface area contributed by atoms with Gasteiger partial charge in [0.2, 0.25) is 5.88 Å². The van der Waals surface area contributed by atoms with Crippen molar-refractivity contribution in [3.05, 3.63) is 46.1 Å². The maximum atomic E-state index is 5.90. The maximum Gasteiger partial charge on any atom is 0.237 e. The number of hydrogen-bond acceptors (Lipinski definition) is 4. The summed E-state index contributed by atoms with van der Waals surface area (Å²) in [6.07, 6.45) is 0. The van der Waals surface area contributed by atoms with E-state index in [1.165, 1.54) is 0 Å².